The molecule has 1 aliphatic carbocycles. The van der Waals surface area contributed by atoms with Crippen molar-refractivity contribution in [3.05, 3.63) is 87.4 Å². The third-order valence-electron chi connectivity index (χ3n) is 7.00. The number of ketones is 2. The van der Waals surface area contributed by atoms with E-state index < -0.39 is 47.0 Å². The van der Waals surface area contributed by atoms with Crippen LogP contribution in [0.3, 0.4) is 0 Å². The molecule has 1 spiro atoms. The molecule has 3 aromatic rings. The Kier molecular flexibility index (Phi) is 7.26. The van der Waals surface area contributed by atoms with Gasteiger partial charge < -0.3 is 29.4 Å². The first kappa shape index (κ1) is 27.6. The molecular weight excluding hydrogens is 560 g/mol. The van der Waals surface area contributed by atoms with Crippen molar-refractivity contribution < 1.29 is 68.1 Å². The number of ether oxygens (including phenoxy) is 3. The van der Waals surface area contributed by atoms with E-state index in [-0.39, 0.29) is 68.8 Å². The molecule has 3 aliphatic rings. The molecule has 3 aromatic carbocycles. The van der Waals surface area contributed by atoms with Gasteiger partial charge in [0.25, 0.3) is 0 Å². The topological polar surface area (TPSA) is 131 Å². The van der Waals surface area contributed by atoms with Gasteiger partial charge in [0.15, 0.2) is 11.5 Å². The van der Waals surface area contributed by atoms with Gasteiger partial charge in [-0.05, 0) is 29.8 Å². The summed E-state index contributed by atoms with van der Waals surface area (Å²) < 4.78 is 16.7. The maximum absolute atomic E-state index is 13.8. The van der Waals surface area contributed by atoms with Crippen molar-refractivity contribution in [3.63, 3.8) is 0 Å². The fourth-order valence-electron chi connectivity index (χ4n) is 5.31. The van der Waals surface area contributed by atoms with Crippen LogP contribution in [-0.4, -0.2) is 35.8 Å². The Morgan fingerprint density at radius 1 is 0.897 bits per heavy atom. The fraction of sp³-hybridized carbons (Fsp3) is 0.185. The molecule has 1 fully saturated rings. The van der Waals surface area contributed by atoms with Crippen molar-refractivity contribution in [1.29, 1.82) is 0 Å². The zero-order valence-electron chi connectivity index (χ0n) is 20.2. The Balaban J connectivity index is 0.00000308. The first-order valence-corrected chi connectivity index (χ1v) is 12.2. The molecule has 0 radical (unpaired) electrons. The number of carbonyl (C=O) groups is 4. The summed E-state index contributed by atoms with van der Waals surface area (Å²) >= 11 is 12.3. The third-order valence-corrected chi connectivity index (χ3v) is 7.74. The number of carboxylic acid groups (broad SMARTS) is 1. The van der Waals surface area contributed by atoms with Crippen molar-refractivity contribution in [2.24, 2.45) is 11.8 Å². The van der Waals surface area contributed by atoms with Crippen LogP contribution in [0.2, 0.25) is 10.0 Å². The number of fused-ring (bicyclic) bond motifs is 2. The van der Waals surface area contributed by atoms with Gasteiger partial charge >= 0.3 is 29.6 Å². The second-order valence-electron chi connectivity index (χ2n) is 9.03. The molecule has 1 saturated heterocycles. The number of rotatable bonds is 4. The molecule has 39 heavy (non-hydrogen) atoms. The van der Waals surface area contributed by atoms with E-state index in [4.69, 9.17) is 37.4 Å². The fourth-order valence-corrected chi connectivity index (χ4v) is 5.62. The quantitative estimate of drug-likeness (QED) is 0.346. The summed E-state index contributed by atoms with van der Waals surface area (Å²) in [5.74, 6) is -6.96. The van der Waals surface area contributed by atoms with Crippen molar-refractivity contribution in [3.8, 4) is 11.5 Å². The van der Waals surface area contributed by atoms with Crippen molar-refractivity contribution in [2.75, 3.05) is 12.1 Å². The van der Waals surface area contributed by atoms with Crippen LogP contribution in [0, 0.1) is 11.8 Å². The number of aliphatic carboxylic acids is 1. The maximum atomic E-state index is 13.8. The molecule has 12 heteroatoms. The number of carboxylic acids is 1. The van der Waals surface area contributed by atoms with E-state index in [0.717, 1.165) is 0 Å². The van der Waals surface area contributed by atoms with Gasteiger partial charge in [-0.15, -0.1) is 0 Å². The van der Waals surface area contributed by atoms with Gasteiger partial charge in [0.05, 0.1) is 28.0 Å². The Hall–Kier alpha value is -2.92. The van der Waals surface area contributed by atoms with Crippen LogP contribution in [-0.2, 0) is 14.3 Å². The molecule has 2 aliphatic heterocycles. The largest absolute Gasteiger partial charge is 1.00 e. The third kappa shape index (κ3) is 4.25. The molecule has 3 atom stereocenters. The summed E-state index contributed by atoms with van der Waals surface area (Å²) in [5.41, 5.74) is -1.96. The summed E-state index contributed by atoms with van der Waals surface area (Å²) in [6, 6.07) is 14.9. The minimum Gasteiger partial charge on any atom is -0.550 e. The van der Waals surface area contributed by atoms with Crippen LogP contribution in [0.15, 0.2) is 60.7 Å². The van der Waals surface area contributed by atoms with Gasteiger partial charge in [0.2, 0.25) is 29.9 Å². The standard InChI is InChI=1S/C27H17Cl2NO8.Na/c28-16-7-5-12(9-17(16)29)22-20(25(33)30-13-6-8-18-19(10-13)37-11-36-18)21(26(34)35)27(38-22)23(31)14-3-1-2-4-15(14)24(27)32;/h1-10,20-22H,11H2,(H,30,33)(H,34,35);/q;+1/p-1/t20-,21-,22-;/m1./s1. The first-order chi connectivity index (χ1) is 18.2. The van der Waals surface area contributed by atoms with E-state index in [0.29, 0.717) is 11.5 Å². The summed E-state index contributed by atoms with van der Waals surface area (Å²) in [6.07, 6.45) is -1.36. The number of hydrogen-bond acceptors (Lipinski definition) is 8. The van der Waals surface area contributed by atoms with E-state index in [1.807, 2.05) is 0 Å². The smallest absolute Gasteiger partial charge is 0.550 e. The van der Waals surface area contributed by atoms with E-state index in [1.54, 1.807) is 24.3 Å². The van der Waals surface area contributed by atoms with E-state index in [1.165, 1.54) is 36.4 Å². The number of amides is 1. The van der Waals surface area contributed by atoms with Crippen LogP contribution in [0.1, 0.15) is 32.4 Å². The average molecular weight is 576 g/mol. The van der Waals surface area contributed by atoms with Gasteiger partial charge in [-0.25, -0.2) is 0 Å². The molecule has 0 unspecified atom stereocenters. The van der Waals surface area contributed by atoms with Gasteiger partial charge in [-0.2, -0.15) is 0 Å². The van der Waals surface area contributed by atoms with Gasteiger partial charge in [-0.1, -0.05) is 53.5 Å². The monoisotopic (exact) mass is 575 g/mol. The van der Waals surface area contributed by atoms with E-state index >= 15 is 0 Å². The summed E-state index contributed by atoms with van der Waals surface area (Å²) in [4.78, 5) is 53.7. The van der Waals surface area contributed by atoms with Crippen molar-refractivity contribution in [2.45, 2.75) is 11.7 Å². The predicted octanol–water partition coefficient (Wildman–Crippen LogP) is 0.236. The predicted molar refractivity (Wildman–Crippen MR) is 131 cm³/mol. The second-order valence-corrected chi connectivity index (χ2v) is 9.85. The van der Waals surface area contributed by atoms with Crippen LogP contribution >= 0.6 is 23.2 Å². The minimum absolute atomic E-state index is 0. The molecule has 6 rings (SSSR count). The second kappa shape index (κ2) is 10.2. The number of carbonyl (C=O) groups excluding carboxylic acids is 4. The number of hydrogen-bond donors (Lipinski definition) is 1. The summed E-state index contributed by atoms with van der Waals surface area (Å²) in [7, 11) is 0. The Bertz CT molecular complexity index is 1530. The minimum atomic E-state index is -2.50. The summed E-state index contributed by atoms with van der Waals surface area (Å²) in [5, 5.41) is 15.6. The summed E-state index contributed by atoms with van der Waals surface area (Å²) in [6.45, 7) is 0.0165. The Morgan fingerprint density at radius 2 is 1.56 bits per heavy atom. The molecule has 0 saturated carbocycles. The van der Waals surface area contributed by atoms with Crippen LogP contribution in [0.25, 0.3) is 0 Å². The Labute approximate surface area is 253 Å². The van der Waals surface area contributed by atoms with Gasteiger partial charge in [-0.3, -0.25) is 14.4 Å². The zero-order chi connectivity index (χ0) is 26.8. The molecule has 2 heterocycles. The number of Topliss-reactive ketones (excluding diaryl/α,β-unsaturated/α-hetero) is 2. The van der Waals surface area contributed by atoms with E-state index in [2.05, 4.69) is 5.32 Å². The van der Waals surface area contributed by atoms with Crippen molar-refractivity contribution >= 4 is 52.3 Å². The number of anilines is 1. The number of halogens is 2. The molecular formula is C27H16Cl2NNaO8. The number of benzene rings is 3. The van der Waals surface area contributed by atoms with Gasteiger partial charge in [0.1, 0.15) is 0 Å². The first-order valence-electron chi connectivity index (χ1n) is 11.4. The van der Waals surface area contributed by atoms with Crippen molar-refractivity contribution in [1.82, 2.24) is 0 Å². The van der Waals surface area contributed by atoms with Crippen LogP contribution in [0.5, 0.6) is 11.5 Å². The number of nitrogens with one attached hydrogen (secondary N) is 1. The van der Waals surface area contributed by atoms with E-state index in [9.17, 15) is 24.3 Å². The molecule has 1 N–H and O–H groups in total. The molecule has 1 amide bonds. The van der Waals surface area contributed by atoms with Crippen LogP contribution in [0.4, 0.5) is 5.69 Å². The molecule has 9 nitrogen and oxygen atoms in total. The normalized spacial score (nSPS) is 21.9. The molecule has 192 valence electrons. The average Bonchev–Trinajstić information content (AvgIpc) is 3.57. The molecule has 0 aromatic heterocycles. The Morgan fingerprint density at radius 3 is 2.21 bits per heavy atom. The molecule has 0 bridgehead atoms. The maximum Gasteiger partial charge on any atom is 1.00 e. The van der Waals surface area contributed by atoms with Gasteiger partial charge in [0, 0.05) is 28.8 Å². The zero-order valence-corrected chi connectivity index (χ0v) is 23.7. The SMILES string of the molecule is O=C(Nc1ccc2c(c1)OCO2)[C@H]1[C@@H](c2ccc(Cl)c(Cl)c2)OC2(C(=O)c3ccccc3C2=O)[C@H]1C(=O)[O-].[Na+]. The van der Waals surface area contributed by atoms with Crippen LogP contribution < -0.4 is 49.5 Å².